The van der Waals surface area contributed by atoms with E-state index in [1.165, 1.54) is 12.8 Å². The van der Waals surface area contributed by atoms with Crippen molar-refractivity contribution in [1.29, 1.82) is 0 Å². The molecule has 1 fully saturated rings. The Bertz CT molecular complexity index is 831. The minimum atomic E-state index is 0.498. The summed E-state index contributed by atoms with van der Waals surface area (Å²) >= 11 is 0. The summed E-state index contributed by atoms with van der Waals surface area (Å²) in [6.45, 7) is 5.74. The minimum Gasteiger partial charge on any atom is -0.494 e. The van der Waals surface area contributed by atoms with Crippen LogP contribution in [0.2, 0.25) is 0 Å². The van der Waals surface area contributed by atoms with Crippen LogP contribution in [0, 0.1) is 0 Å². The Kier molecular flexibility index (Phi) is 4.65. The molecule has 5 heteroatoms. The molecule has 1 aliphatic heterocycles. The van der Waals surface area contributed by atoms with E-state index in [0.29, 0.717) is 12.5 Å². The second kappa shape index (κ2) is 7.23. The molecule has 1 atom stereocenters. The molecule has 5 nitrogen and oxygen atoms in total. The van der Waals surface area contributed by atoms with Gasteiger partial charge in [-0.2, -0.15) is 0 Å². The molecule has 4 rings (SSSR count). The fourth-order valence-electron chi connectivity index (χ4n) is 3.64. The molecule has 1 saturated heterocycles. The molecule has 1 unspecified atom stereocenters. The largest absolute Gasteiger partial charge is 0.494 e. The van der Waals surface area contributed by atoms with Crippen molar-refractivity contribution in [3.63, 3.8) is 0 Å². The van der Waals surface area contributed by atoms with Crippen LogP contribution in [0.25, 0.3) is 10.9 Å². The normalized spacial score (nSPS) is 18.5. The van der Waals surface area contributed by atoms with Crippen LogP contribution in [-0.2, 0) is 6.54 Å². The third-order valence-corrected chi connectivity index (χ3v) is 4.83. The lowest BCUT2D eigenvalue weighted by Crippen LogP contribution is -2.34. The van der Waals surface area contributed by atoms with Gasteiger partial charge in [-0.15, -0.1) is 0 Å². The van der Waals surface area contributed by atoms with Crippen LogP contribution in [-0.4, -0.2) is 39.5 Å². The van der Waals surface area contributed by atoms with E-state index in [0.717, 1.165) is 47.8 Å². The molecule has 1 aliphatic rings. The molecule has 0 aliphatic carbocycles. The van der Waals surface area contributed by atoms with Crippen molar-refractivity contribution in [2.75, 3.05) is 19.7 Å². The van der Waals surface area contributed by atoms with Crippen LogP contribution in [0.15, 0.2) is 42.7 Å². The van der Waals surface area contributed by atoms with Crippen molar-refractivity contribution in [2.24, 2.45) is 0 Å². The molecule has 1 aromatic carbocycles. The van der Waals surface area contributed by atoms with Gasteiger partial charge in [-0.1, -0.05) is 6.07 Å². The molecule has 3 aromatic rings. The monoisotopic (exact) mass is 336 g/mol. The van der Waals surface area contributed by atoms with Gasteiger partial charge in [0.15, 0.2) is 0 Å². The maximum Gasteiger partial charge on any atom is 0.120 e. The zero-order chi connectivity index (χ0) is 17.1. The van der Waals surface area contributed by atoms with Crippen molar-refractivity contribution in [3.05, 3.63) is 54.2 Å². The molecule has 130 valence electrons. The van der Waals surface area contributed by atoms with Crippen LogP contribution in [0.5, 0.6) is 5.75 Å². The molecule has 0 radical (unpaired) electrons. The van der Waals surface area contributed by atoms with Crippen LogP contribution in [0.3, 0.4) is 0 Å². The first-order valence-electron chi connectivity index (χ1n) is 9.06. The number of piperidine rings is 1. The first-order chi connectivity index (χ1) is 12.3. The molecule has 0 spiro atoms. The molecule has 0 amide bonds. The number of hydrogen-bond donors (Lipinski definition) is 1. The number of hydrogen-bond acceptors (Lipinski definition) is 4. The Morgan fingerprint density at radius 1 is 1.28 bits per heavy atom. The molecule has 3 heterocycles. The third kappa shape index (κ3) is 3.66. The number of fused-ring (bicyclic) bond motifs is 1. The van der Waals surface area contributed by atoms with E-state index in [4.69, 9.17) is 9.72 Å². The zero-order valence-corrected chi connectivity index (χ0v) is 14.6. The van der Waals surface area contributed by atoms with Gasteiger partial charge in [-0.25, -0.2) is 4.98 Å². The number of nitrogens with one attached hydrogen (secondary N) is 1. The molecular weight excluding hydrogens is 312 g/mol. The van der Waals surface area contributed by atoms with Gasteiger partial charge in [-0.3, -0.25) is 9.88 Å². The van der Waals surface area contributed by atoms with E-state index in [1.54, 1.807) is 0 Å². The highest BCUT2D eigenvalue weighted by atomic mass is 16.5. The standard InChI is InChI=1S/C20H24N4O/c1-2-25-18-7-8-19-15(12-18)5-6-17(23-19)14-24-11-3-4-16(13-24)20-21-9-10-22-20/h5-10,12,16H,2-4,11,13-14H2,1H3,(H,21,22). The number of aromatic nitrogens is 3. The third-order valence-electron chi connectivity index (χ3n) is 4.83. The fourth-order valence-corrected chi connectivity index (χ4v) is 3.64. The highest BCUT2D eigenvalue weighted by Gasteiger charge is 2.23. The lowest BCUT2D eigenvalue weighted by atomic mass is 9.97. The van der Waals surface area contributed by atoms with E-state index >= 15 is 0 Å². The van der Waals surface area contributed by atoms with Gasteiger partial charge in [0, 0.05) is 36.8 Å². The molecule has 0 bridgehead atoms. The molecule has 2 aromatic heterocycles. The molecule has 0 saturated carbocycles. The summed E-state index contributed by atoms with van der Waals surface area (Å²) in [6.07, 6.45) is 6.16. The number of nitrogens with zero attached hydrogens (tertiary/aromatic N) is 3. The van der Waals surface area contributed by atoms with Crippen molar-refractivity contribution < 1.29 is 4.74 Å². The average Bonchev–Trinajstić information content (AvgIpc) is 3.17. The summed E-state index contributed by atoms with van der Waals surface area (Å²) in [4.78, 5) is 15.0. The highest BCUT2D eigenvalue weighted by molar-refractivity contribution is 5.80. The Morgan fingerprint density at radius 3 is 3.08 bits per heavy atom. The first-order valence-corrected chi connectivity index (χ1v) is 9.06. The summed E-state index contributed by atoms with van der Waals surface area (Å²) in [5.74, 6) is 2.51. The second-order valence-corrected chi connectivity index (χ2v) is 6.64. The van der Waals surface area contributed by atoms with Crippen molar-refractivity contribution in [2.45, 2.75) is 32.2 Å². The van der Waals surface area contributed by atoms with Gasteiger partial charge in [0.25, 0.3) is 0 Å². The van der Waals surface area contributed by atoms with E-state index < -0.39 is 0 Å². The topological polar surface area (TPSA) is 54.0 Å². The van der Waals surface area contributed by atoms with Crippen LogP contribution < -0.4 is 4.74 Å². The Balaban J connectivity index is 1.47. The Morgan fingerprint density at radius 2 is 2.24 bits per heavy atom. The maximum absolute atomic E-state index is 5.57. The van der Waals surface area contributed by atoms with Gasteiger partial charge < -0.3 is 9.72 Å². The number of rotatable bonds is 5. The van der Waals surface area contributed by atoms with Gasteiger partial charge in [-0.05, 0) is 50.6 Å². The van der Waals surface area contributed by atoms with E-state index in [1.807, 2.05) is 31.5 Å². The quantitative estimate of drug-likeness (QED) is 0.771. The lowest BCUT2D eigenvalue weighted by molar-refractivity contribution is 0.195. The summed E-state index contributed by atoms with van der Waals surface area (Å²) in [5.41, 5.74) is 2.15. The first kappa shape index (κ1) is 16.1. The summed E-state index contributed by atoms with van der Waals surface area (Å²) in [7, 11) is 0. The van der Waals surface area contributed by atoms with Gasteiger partial charge in [0.1, 0.15) is 11.6 Å². The summed E-state index contributed by atoms with van der Waals surface area (Å²) in [6, 6.07) is 10.4. The van der Waals surface area contributed by atoms with Crippen LogP contribution >= 0.6 is 0 Å². The predicted octanol–water partition coefficient (Wildman–Crippen LogP) is 3.74. The predicted molar refractivity (Wildman–Crippen MR) is 98.8 cm³/mol. The number of pyridine rings is 1. The second-order valence-electron chi connectivity index (χ2n) is 6.64. The number of aromatic amines is 1. The number of benzene rings is 1. The van der Waals surface area contributed by atoms with Crippen molar-refractivity contribution in [3.8, 4) is 5.75 Å². The zero-order valence-electron chi connectivity index (χ0n) is 14.6. The molecule has 25 heavy (non-hydrogen) atoms. The van der Waals surface area contributed by atoms with Crippen LogP contribution in [0.4, 0.5) is 0 Å². The van der Waals surface area contributed by atoms with Gasteiger partial charge >= 0.3 is 0 Å². The smallest absolute Gasteiger partial charge is 0.120 e. The van der Waals surface area contributed by atoms with Crippen molar-refractivity contribution in [1.82, 2.24) is 19.9 Å². The Hall–Kier alpha value is -2.40. The number of H-pyrrole nitrogens is 1. The number of ether oxygens (including phenoxy) is 1. The highest BCUT2D eigenvalue weighted by Crippen LogP contribution is 2.26. The van der Waals surface area contributed by atoms with Gasteiger partial charge in [0.2, 0.25) is 0 Å². The molecular formula is C20H24N4O. The average molecular weight is 336 g/mol. The number of imidazole rings is 1. The van der Waals surface area contributed by atoms with Crippen LogP contribution in [0.1, 0.15) is 37.2 Å². The van der Waals surface area contributed by atoms with Gasteiger partial charge in [0.05, 0.1) is 17.8 Å². The van der Waals surface area contributed by atoms with E-state index in [9.17, 15) is 0 Å². The van der Waals surface area contributed by atoms with E-state index in [-0.39, 0.29) is 0 Å². The Labute approximate surface area is 148 Å². The maximum atomic E-state index is 5.57. The number of likely N-dealkylation sites (tertiary alicyclic amines) is 1. The summed E-state index contributed by atoms with van der Waals surface area (Å²) in [5, 5.41) is 1.13. The van der Waals surface area contributed by atoms with Crippen molar-refractivity contribution >= 4 is 10.9 Å². The summed E-state index contributed by atoms with van der Waals surface area (Å²) < 4.78 is 5.57. The lowest BCUT2D eigenvalue weighted by Gasteiger charge is -2.31. The SMILES string of the molecule is CCOc1ccc2nc(CN3CCCC(c4ncc[nH]4)C3)ccc2c1. The molecule has 1 N–H and O–H groups in total. The minimum absolute atomic E-state index is 0.498. The fraction of sp³-hybridized carbons (Fsp3) is 0.400. The van der Waals surface area contributed by atoms with E-state index in [2.05, 4.69) is 33.1 Å².